The lowest BCUT2D eigenvalue weighted by Crippen LogP contribution is -2.35. The second kappa shape index (κ2) is 38.7. The molecule has 0 spiro atoms. The number of hydrogen-bond acceptors (Lipinski definition) is 6. The molecule has 0 aromatic rings. The van der Waals surface area contributed by atoms with Crippen molar-refractivity contribution in [3.05, 3.63) is 36.0 Å². The molecule has 0 heterocycles. The Balaban J connectivity index is 5.22. The van der Waals surface area contributed by atoms with Gasteiger partial charge in [-0.2, -0.15) is 0 Å². The summed E-state index contributed by atoms with van der Waals surface area (Å²) in [6, 6.07) is 0. The molecule has 1 unspecified atom stereocenters. The highest BCUT2D eigenvalue weighted by Crippen LogP contribution is 2.29. The zero-order valence-corrected chi connectivity index (χ0v) is 33.8. The van der Waals surface area contributed by atoms with Gasteiger partial charge < -0.3 is 30.2 Å². The Bertz CT molecular complexity index is 893. The van der Waals surface area contributed by atoms with Crippen molar-refractivity contribution in [2.75, 3.05) is 52.6 Å². The van der Waals surface area contributed by atoms with E-state index in [0.717, 1.165) is 70.6 Å². The van der Waals surface area contributed by atoms with Crippen LogP contribution in [0.5, 0.6) is 0 Å². The SMILES string of the molecule is CCCCC/C=C/C/C=C(\CCCCCCCC(=O)N(CCO)CCO)C(CC/C=C/CCCCC)CCCCCCCC(=O)N(CCO)CCO. The predicted molar refractivity (Wildman–Crippen MR) is 218 cm³/mol. The Morgan fingerprint density at radius 1 is 0.481 bits per heavy atom. The lowest BCUT2D eigenvalue weighted by molar-refractivity contribution is -0.133. The van der Waals surface area contributed by atoms with Crippen LogP contribution in [-0.2, 0) is 9.59 Å². The van der Waals surface area contributed by atoms with Gasteiger partial charge in [0.25, 0.3) is 0 Å². The molecule has 0 aliphatic carbocycles. The zero-order valence-electron chi connectivity index (χ0n) is 33.8. The van der Waals surface area contributed by atoms with Crippen LogP contribution in [0.15, 0.2) is 36.0 Å². The minimum absolute atomic E-state index is 0.0227. The fraction of sp³-hybridized carbons (Fsp3) is 0.818. The van der Waals surface area contributed by atoms with Gasteiger partial charge in [-0.25, -0.2) is 0 Å². The lowest BCUT2D eigenvalue weighted by Gasteiger charge is -2.21. The minimum atomic E-state index is -0.0763. The number of unbranched alkanes of at least 4 members (excludes halogenated alkanes) is 14. The van der Waals surface area contributed by atoms with Crippen LogP contribution in [-0.4, -0.2) is 94.6 Å². The molecule has 0 aliphatic rings. The van der Waals surface area contributed by atoms with Gasteiger partial charge in [-0.15, -0.1) is 0 Å². The van der Waals surface area contributed by atoms with E-state index in [2.05, 4.69) is 44.2 Å². The van der Waals surface area contributed by atoms with Crippen LogP contribution in [0.2, 0.25) is 0 Å². The molecule has 0 aromatic carbocycles. The number of carbonyl (C=O) groups is 2. The lowest BCUT2D eigenvalue weighted by atomic mass is 9.85. The standard InChI is InChI=1S/C44H82N2O6/c1-3-5-7-9-11-15-21-27-41(29-23-17-13-19-25-31-43(51)45(33-37-47)34-38-48)42(28-22-16-12-10-8-6-4-2)30-24-18-14-20-26-32-44(52)46(35-39-49)36-40-50/h11-12,15-16,27,42,47-50H,3-10,13-14,17-26,28-40H2,1-2H3/b15-11+,16-12+,41-27+. The minimum Gasteiger partial charge on any atom is -0.395 e. The average molecular weight is 735 g/mol. The molecule has 0 saturated heterocycles. The summed E-state index contributed by atoms with van der Waals surface area (Å²) in [6.45, 7) is 5.35. The third-order valence-corrected chi connectivity index (χ3v) is 9.99. The van der Waals surface area contributed by atoms with Crippen molar-refractivity contribution in [2.24, 2.45) is 5.92 Å². The number of rotatable bonds is 38. The van der Waals surface area contributed by atoms with Gasteiger partial charge in [-0.3, -0.25) is 9.59 Å². The van der Waals surface area contributed by atoms with E-state index in [-0.39, 0.29) is 64.4 Å². The summed E-state index contributed by atoms with van der Waals surface area (Å²) in [5.41, 5.74) is 1.62. The van der Waals surface area contributed by atoms with Crippen molar-refractivity contribution < 1.29 is 30.0 Å². The Morgan fingerprint density at radius 3 is 1.38 bits per heavy atom. The van der Waals surface area contributed by atoms with E-state index in [0.29, 0.717) is 18.8 Å². The molecule has 2 amide bonds. The smallest absolute Gasteiger partial charge is 0.222 e. The van der Waals surface area contributed by atoms with Gasteiger partial charge in [-0.1, -0.05) is 120 Å². The Hall–Kier alpha value is -2.00. The van der Waals surface area contributed by atoms with Crippen LogP contribution in [0.1, 0.15) is 174 Å². The molecule has 304 valence electrons. The topological polar surface area (TPSA) is 122 Å². The van der Waals surface area contributed by atoms with Crippen molar-refractivity contribution in [1.29, 1.82) is 0 Å². The zero-order chi connectivity index (χ0) is 38.3. The third kappa shape index (κ3) is 29.5. The van der Waals surface area contributed by atoms with Gasteiger partial charge >= 0.3 is 0 Å². The molecule has 0 saturated carbocycles. The second-order valence-corrected chi connectivity index (χ2v) is 14.5. The molecule has 1 atom stereocenters. The van der Waals surface area contributed by atoms with E-state index in [1.54, 1.807) is 15.4 Å². The molecule has 0 rings (SSSR count). The second-order valence-electron chi connectivity index (χ2n) is 14.5. The normalized spacial score (nSPS) is 12.7. The summed E-state index contributed by atoms with van der Waals surface area (Å²) in [5, 5.41) is 36.9. The van der Waals surface area contributed by atoms with Crippen LogP contribution in [0.25, 0.3) is 0 Å². The van der Waals surface area contributed by atoms with Gasteiger partial charge in [0.05, 0.1) is 26.4 Å². The molecule has 52 heavy (non-hydrogen) atoms. The first kappa shape index (κ1) is 50.0. The number of carbonyl (C=O) groups excluding carboxylic acids is 2. The molecular weight excluding hydrogens is 652 g/mol. The van der Waals surface area contributed by atoms with Crippen LogP contribution in [0.4, 0.5) is 0 Å². The van der Waals surface area contributed by atoms with Crippen LogP contribution < -0.4 is 0 Å². The number of hydrogen-bond donors (Lipinski definition) is 4. The van der Waals surface area contributed by atoms with Crippen molar-refractivity contribution in [1.82, 2.24) is 9.80 Å². The van der Waals surface area contributed by atoms with E-state index in [1.165, 1.54) is 77.0 Å². The third-order valence-electron chi connectivity index (χ3n) is 9.99. The summed E-state index contributed by atoms with van der Waals surface area (Å²) in [7, 11) is 0. The van der Waals surface area contributed by atoms with Gasteiger partial charge in [0.15, 0.2) is 0 Å². The molecule has 0 aromatic heterocycles. The number of amides is 2. The number of aliphatic hydroxyl groups excluding tert-OH is 4. The van der Waals surface area contributed by atoms with Gasteiger partial charge in [0, 0.05) is 39.0 Å². The molecule has 4 N–H and O–H groups in total. The first-order valence-corrected chi connectivity index (χ1v) is 21.5. The van der Waals surface area contributed by atoms with Gasteiger partial charge in [0.1, 0.15) is 0 Å². The highest BCUT2D eigenvalue weighted by molar-refractivity contribution is 5.76. The van der Waals surface area contributed by atoms with Crippen molar-refractivity contribution in [2.45, 2.75) is 174 Å². The fourth-order valence-electron chi connectivity index (χ4n) is 6.83. The Kier molecular flexibility index (Phi) is 37.2. The van der Waals surface area contributed by atoms with E-state index in [9.17, 15) is 30.0 Å². The maximum absolute atomic E-state index is 12.5. The highest BCUT2D eigenvalue weighted by Gasteiger charge is 2.15. The monoisotopic (exact) mass is 735 g/mol. The van der Waals surface area contributed by atoms with Gasteiger partial charge in [0.2, 0.25) is 11.8 Å². The van der Waals surface area contributed by atoms with Crippen molar-refractivity contribution >= 4 is 11.8 Å². The van der Waals surface area contributed by atoms with E-state index < -0.39 is 0 Å². The molecule has 8 heteroatoms. The maximum Gasteiger partial charge on any atom is 0.222 e. The summed E-state index contributed by atoms with van der Waals surface area (Å²) < 4.78 is 0. The van der Waals surface area contributed by atoms with E-state index in [1.807, 2.05) is 0 Å². The van der Waals surface area contributed by atoms with Gasteiger partial charge in [-0.05, 0) is 83.0 Å². The molecule has 0 radical (unpaired) electrons. The molecule has 0 fully saturated rings. The average Bonchev–Trinajstić information content (AvgIpc) is 3.14. The number of nitrogens with zero attached hydrogens (tertiary/aromatic N) is 2. The fourth-order valence-corrected chi connectivity index (χ4v) is 6.83. The first-order chi connectivity index (χ1) is 25.5. The molecular formula is C44H82N2O6. The summed E-state index contributed by atoms with van der Waals surface area (Å²) in [5.74, 6) is 0.633. The quantitative estimate of drug-likeness (QED) is 0.0371. The van der Waals surface area contributed by atoms with E-state index in [4.69, 9.17) is 0 Å². The van der Waals surface area contributed by atoms with Crippen LogP contribution in [0, 0.1) is 5.92 Å². The first-order valence-electron chi connectivity index (χ1n) is 21.5. The number of allylic oxidation sites excluding steroid dienone is 6. The summed E-state index contributed by atoms with van der Waals surface area (Å²) in [6.07, 6.45) is 39.3. The van der Waals surface area contributed by atoms with E-state index >= 15 is 0 Å². The summed E-state index contributed by atoms with van der Waals surface area (Å²) in [4.78, 5) is 28.0. The number of aliphatic hydroxyl groups is 4. The largest absolute Gasteiger partial charge is 0.395 e. The molecule has 0 bridgehead atoms. The predicted octanol–water partition coefficient (Wildman–Crippen LogP) is 9.06. The van der Waals surface area contributed by atoms with Crippen LogP contribution in [0.3, 0.4) is 0 Å². The maximum atomic E-state index is 12.5. The van der Waals surface area contributed by atoms with Crippen LogP contribution >= 0.6 is 0 Å². The Morgan fingerprint density at radius 2 is 0.904 bits per heavy atom. The highest BCUT2D eigenvalue weighted by atomic mass is 16.3. The Labute approximate surface area is 319 Å². The van der Waals surface area contributed by atoms with Crippen molar-refractivity contribution in [3.8, 4) is 0 Å². The van der Waals surface area contributed by atoms with Crippen molar-refractivity contribution in [3.63, 3.8) is 0 Å². The molecule has 0 aliphatic heterocycles. The molecule has 8 nitrogen and oxygen atoms in total. The summed E-state index contributed by atoms with van der Waals surface area (Å²) >= 11 is 0.